The summed E-state index contributed by atoms with van der Waals surface area (Å²) >= 11 is 0. The molecule has 3 rings (SSSR count). The maximum atomic E-state index is 6.10. The van der Waals surface area contributed by atoms with E-state index in [1.165, 1.54) is 44.5 Å². The molecular formula is C16H25N3O. The van der Waals surface area contributed by atoms with Gasteiger partial charge in [-0.05, 0) is 43.1 Å². The van der Waals surface area contributed by atoms with Gasteiger partial charge in [-0.2, -0.15) is 0 Å². The van der Waals surface area contributed by atoms with Crippen LogP contribution < -0.4 is 10.5 Å². The van der Waals surface area contributed by atoms with Gasteiger partial charge >= 0.3 is 0 Å². The summed E-state index contributed by atoms with van der Waals surface area (Å²) in [6.07, 6.45) is 4.11. The first-order chi connectivity index (χ1) is 9.76. The Balaban J connectivity index is 1.66. The number of hydrogen-bond donors (Lipinski definition) is 1. The molecule has 2 fully saturated rings. The second-order valence-electron chi connectivity index (χ2n) is 5.99. The van der Waals surface area contributed by atoms with Gasteiger partial charge in [0.25, 0.3) is 0 Å². The zero-order chi connectivity index (χ0) is 13.9. The Morgan fingerprint density at radius 2 is 2.15 bits per heavy atom. The lowest BCUT2D eigenvalue weighted by atomic mass is 9.99. The highest BCUT2D eigenvalue weighted by molar-refractivity contribution is 5.50. The molecule has 2 heterocycles. The predicted octanol–water partition coefficient (Wildman–Crippen LogP) is 1.95. The highest BCUT2D eigenvalue weighted by Gasteiger charge is 2.28. The summed E-state index contributed by atoms with van der Waals surface area (Å²) in [6.45, 7) is 5.76. The van der Waals surface area contributed by atoms with Crippen LogP contribution in [0.2, 0.25) is 0 Å². The molecular weight excluding hydrogens is 250 g/mol. The SMILES string of the molecule is COc1ccc(N)c(CN2CCN3CCCCC3C2)c1. The van der Waals surface area contributed by atoms with Gasteiger partial charge in [-0.25, -0.2) is 0 Å². The lowest BCUT2D eigenvalue weighted by molar-refractivity contribution is 0.0457. The monoisotopic (exact) mass is 275 g/mol. The maximum absolute atomic E-state index is 6.10. The van der Waals surface area contributed by atoms with Gasteiger partial charge in [-0.15, -0.1) is 0 Å². The highest BCUT2D eigenvalue weighted by Crippen LogP contribution is 2.25. The van der Waals surface area contributed by atoms with Gasteiger partial charge < -0.3 is 10.5 Å². The third-order valence-electron chi connectivity index (χ3n) is 4.67. The van der Waals surface area contributed by atoms with Crippen LogP contribution in [0, 0.1) is 0 Å². The zero-order valence-corrected chi connectivity index (χ0v) is 12.3. The van der Waals surface area contributed by atoms with E-state index in [9.17, 15) is 0 Å². The molecule has 110 valence electrons. The van der Waals surface area contributed by atoms with Crippen LogP contribution in [0.15, 0.2) is 18.2 Å². The van der Waals surface area contributed by atoms with E-state index in [1.807, 2.05) is 12.1 Å². The Labute approximate surface area is 121 Å². The average Bonchev–Trinajstić information content (AvgIpc) is 2.49. The van der Waals surface area contributed by atoms with E-state index in [0.717, 1.165) is 30.6 Å². The highest BCUT2D eigenvalue weighted by atomic mass is 16.5. The Bertz CT molecular complexity index is 463. The first kappa shape index (κ1) is 13.7. The van der Waals surface area contributed by atoms with Crippen molar-refractivity contribution in [3.63, 3.8) is 0 Å². The van der Waals surface area contributed by atoms with Crippen molar-refractivity contribution in [2.45, 2.75) is 31.8 Å². The first-order valence-electron chi connectivity index (χ1n) is 7.65. The molecule has 1 unspecified atom stereocenters. The minimum Gasteiger partial charge on any atom is -0.497 e. The summed E-state index contributed by atoms with van der Waals surface area (Å²) in [5, 5.41) is 0. The molecule has 0 aromatic heterocycles. The van der Waals surface area contributed by atoms with Crippen LogP contribution in [0.5, 0.6) is 5.75 Å². The fourth-order valence-corrected chi connectivity index (χ4v) is 3.45. The number of piperazine rings is 1. The number of rotatable bonds is 3. The summed E-state index contributed by atoms with van der Waals surface area (Å²) in [4.78, 5) is 5.20. The molecule has 2 saturated heterocycles. The molecule has 0 saturated carbocycles. The number of methoxy groups -OCH3 is 1. The summed E-state index contributed by atoms with van der Waals surface area (Å²) in [5.74, 6) is 0.894. The number of anilines is 1. The van der Waals surface area contributed by atoms with Gasteiger partial charge in [-0.1, -0.05) is 6.42 Å². The van der Waals surface area contributed by atoms with Gasteiger partial charge in [0.05, 0.1) is 7.11 Å². The van der Waals surface area contributed by atoms with Gasteiger partial charge in [0.2, 0.25) is 0 Å². The van der Waals surface area contributed by atoms with Crippen molar-refractivity contribution in [1.29, 1.82) is 0 Å². The molecule has 0 radical (unpaired) electrons. The van der Waals surface area contributed by atoms with Gasteiger partial charge in [0.15, 0.2) is 0 Å². The van der Waals surface area contributed by atoms with E-state index in [-0.39, 0.29) is 0 Å². The van der Waals surface area contributed by atoms with E-state index < -0.39 is 0 Å². The van der Waals surface area contributed by atoms with Crippen LogP contribution in [-0.2, 0) is 6.54 Å². The minimum absolute atomic E-state index is 0.754. The minimum atomic E-state index is 0.754. The van der Waals surface area contributed by atoms with Crippen LogP contribution in [0.3, 0.4) is 0 Å². The van der Waals surface area contributed by atoms with Gasteiger partial charge in [-0.3, -0.25) is 9.80 Å². The Hall–Kier alpha value is -1.26. The molecule has 4 heteroatoms. The predicted molar refractivity (Wildman–Crippen MR) is 81.9 cm³/mol. The number of hydrogen-bond acceptors (Lipinski definition) is 4. The zero-order valence-electron chi connectivity index (χ0n) is 12.3. The first-order valence-corrected chi connectivity index (χ1v) is 7.65. The summed E-state index contributed by atoms with van der Waals surface area (Å²) in [5.41, 5.74) is 8.16. The number of fused-ring (bicyclic) bond motifs is 1. The summed E-state index contributed by atoms with van der Waals surface area (Å²) < 4.78 is 5.30. The topological polar surface area (TPSA) is 41.7 Å². The van der Waals surface area contributed by atoms with Crippen molar-refractivity contribution in [1.82, 2.24) is 9.80 Å². The Morgan fingerprint density at radius 3 is 3.00 bits per heavy atom. The largest absolute Gasteiger partial charge is 0.497 e. The number of nitrogen functional groups attached to an aromatic ring is 1. The average molecular weight is 275 g/mol. The normalized spacial score (nSPS) is 24.4. The van der Waals surface area contributed by atoms with Crippen molar-refractivity contribution in [2.24, 2.45) is 0 Å². The van der Waals surface area contributed by atoms with E-state index in [4.69, 9.17) is 10.5 Å². The van der Waals surface area contributed by atoms with Gasteiger partial charge in [0, 0.05) is 37.9 Å². The third kappa shape index (κ3) is 2.91. The fourth-order valence-electron chi connectivity index (χ4n) is 3.45. The Morgan fingerprint density at radius 1 is 1.25 bits per heavy atom. The van der Waals surface area contributed by atoms with E-state index >= 15 is 0 Å². The van der Waals surface area contributed by atoms with Crippen LogP contribution in [0.25, 0.3) is 0 Å². The van der Waals surface area contributed by atoms with Crippen molar-refractivity contribution < 1.29 is 4.74 Å². The molecule has 4 nitrogen and oxygen atoms in total. The number of nitrogens with two attached hydrogens (primary N) is 1. The van der Waals surface area contributed by atoms with E-state index in [0.29, 0.717) is 0 Å². The molecule has 1 aromatic carbocycles. The number of piperidine rings is 1. The molecule has 0 aliphatic carbocycles. The molecule has 2 aliphatic rings. The summed E-state index contributed by atoms with van der Waals surface area (Å²) in [6, 6.07) is 6.70. The van der Waals surface area contributed by atoms with Crippen molar-refractivity contribution in [2.75, 3.05) is 39.0 Å². The molecule has 1 aromatic rings. The second-order valence-corrected chi connectivity index (χ2v) is 5.99. The molecule has 0 amide bonds. The van der Waals surface area contributed by atoms with Gasteiger partial charge in [0.1, 0.15) is 5.75 Å². The quantitative estimate of drug-likeness (QED) is 0.856. The maximum Gasteiger partial charge on any atom is 0.119 e. The van der Waals surface area contributed by atoms with Crippen LogP contribution in [0.1, 0.15) is 24.8 Å². The van der Waals surface area contributed by atoms with Crippen molar-refractivity contribution in [3.05, 3.63) is 23.8 Å². The third-order valence-corrected chi connectivity index (χ3v) is 4.67. The summed E-state index contributed by atoms with van der Waals surface area (Å²) in [7, 11) is 1.70. The smallest absolute Gasteiger partial charge is 0.119 e. The molecule has 0 bridgehead atoms. The molecule has 2 aliphatic heterocycles. The molecule has 2 N–H and O–H groups in total. The molecule has 1 atom stereocenters. The second kappa shape index (κ2) is 6.02. The van der Waals surface area contributed by atoms with Crippen molar-refractivity contribution in [3.8, 4) is 5.75 Å². The van der Waals surface area contributed by atoms with Crippen LogP contribution in [0.4, 0.5) is 5.69 Å². The van der Waals surface area contributed by atoms with Crippen LogP contribution >= 0.6 is 0 Å². The standard InChI is InChI=1S/C16H25N3O/c1-20-15-5-6-16(17)13(10-15)11-18-8-9-19-7-3-2-4-14(19)12-18/h5-6,10,14H,2-4,7-9,11-12,17H2,1H3. The van der Waals surface area contributed by atoms with E-state index in [1.54, 1.807) is 7.11 Å². The van der Waals surface area contributed by atoms with Crippen LogP contribution in [-0.4, -0.2) is 49.1 Å². The lowest BCUT2D eigenvalue weighted by Crippen LogP contribution is -2.54. The number of ether oxygens (including phenoxy) is 1. The molecule has 0 spiro atoms. The number of benzene rings is 1. The lowest BCUT2D eigenvalue weighted by Gasteiger charge is -2.44. The molecule has 20 heavy (non-hydrogen) atoms. The van der Waals surface area contributed by atoms with Crippen molar-refractivity contribution >= 4 is 5.69 Å². The Kier molecular flexibility index (Phi) is 4.13. The van der Waals surface area contributed by atoms with E-state index in [2.05, 4.69) is 15.9 Å². The fraction of sp³-hybridized carbons (Fsp3) is 0.625. The number of nitrogens with zero attached hydrogens (tertiary/aromatic N) is 2.